The third-order valence-electron chi connectivity index (χ3n) is 1.75. The summed E-state index contributed by atoms with van der Waals surface area (Å²) in [7, 11) is 1.91. The summed E-state index contributed by atoms with van der Waals surface area (Å²) in [6.07, 6.45) is 3.55. The van der Waals surface area contributed by atoms with Gasteiger partial charge in [-0.1, -0.05) is 6.07 Å². The van der Waals surface area contributed by atoms with E-state index in [0.717, 1.165) is 11.4 Å². The van der Waals surface area contributed by atoms with E-state index in [1.54, 1.807) is 12.4 Å². The van der Waals surface area contributed by atoms with Crippen LogP contribution in [0, 0.1) is 0 Å². The van der Waals surface area contributed by atoms with Crippen LogP contribution in [0.5, 0.6) is 0 Å². The van der Waals surface area contributed by atoms with Crippen molar-refractivity contribution in [1.29, 1.82) is 0 Å². The van der Waals surface area contributed by atoms with Gasteiger partial charge in [0.2, 0.25) is 0 Å². The summed E-state index contributed by atoms with van der Waals surface area (Å²) in [5.74, 6) is 0. The maximum Gasteiger partial charge on any atom is 0.0882 e. The molecule has 3 nitrogen and oxygen atoms in total. The fourth-order valence-electron chi connectivity index (χ4n) is 1.14. The van der Waals surface area contributed by atoms with Crippen molar-refractivity contribution < 1.29 is 0 Å². The highest BCUT2D eigenvalue weighted by atomic mass is 15.3. The van der Waals surface area contributed by atoms with Crippen LogP contribution in [-0.2, 0) is 7.05 Å². The second-order valence-electron chi connectivity index (χ2n) is 2.56. The maximum absolute atomic E-state index is 4.22. The van der Waals surface area contributed by atoms with Crippen LogP contribution in [0.2, 0.25) is 0 Å². The first-order valence-corrected chi connectivity index (χ1v) is 3.77. The van der Waals surface area contributed by atoms with Crippen molar-refractivity contribution in [3.63, 3.8) is 0 Å². The van der Waals surface area contributed by atoms with E-state index >= 15 is 0 Å². The zero-order valence-electron chi connectivity index (χ0n) is 6.81. The minimum Gasteiger partial charge on any atom is -0.266 e. The number of hydrogen-bond acceptors (Lipinski definition) is 2. The van der Waals surface area contributed by atoms with E-state index in [2.05, 4.69) is 10.1 Å². The molecule has 0 saturated heterocycles. The van der Waals surface area contributed by atoms with E-state index in [-0.39, 0.29) is 0 Å². The molecule has 0 saturated carbocycles. The average molecular weight is 159 g/mol. The average Bonchev–Trinajstić information content (AvgIpc) is 2.53. The smallest absolute Gasteiger partial charge is 0.0882 e. The predicted molar refractivity (Wildman–Crippen MR) is 46.4 cm³/mol. The number of pyridine rings is 1. The molecule has 0 atom stereocenters. The van der Waals surface area contributed by atoms with Gasteiger partial charge in [-0.3, -0.25) is 9.67 Å². The van der Waals surface area contributed by atoms with Crippen LogP contribution in [0.4, 0.5) is 0 Å². The molecule has 2 rings (SSSR count). The fraction of sp³-hybridized carbons (Fsp3) is 0.111. The Balaban J connectivity index is 2.51. The molecular weight excluding hydrogens is 150 g/mol. The summed E-state index contributed by atoms with van der Waals surface area (Å²) in [6.45, 7) is 0. The number of aromatic nitrogens is 3. The highest BCUT2D eigenvalue weighted by molar-refractivity contribution is 5.53. The molecule has 0 N–H and O–H groups in total. The number of rotatable bonds is 1. The summed E-state index contributed by atoms with van der Waals surface area (Å²) in [5, 5.41) is 4.07. The Morgan fingerprint density at radius 3 is 2.67 bits per heavy atom. The lowest BCUT2D eigenvalue weighted by Gasteiger charge is -1.98. The van der Waals surface area contributed by atoms with Gasteiger partial charge < -0.3 is 0 Å². The van der Waals surface area contributed by atoms with Crippen molar-refractivity contribution in [2.45, 2.75) is 0 Å². The van der Waals surface area contributed by atoms with Gasteiger partial charge in [-0.05, 0) is 18.2 Å². The van der Waals surface area contributed by atoms with Crippen LogP contribution >= 0.6 is 0 Å². The van der Waals surface area contributed by atoms with E-state index in [9.17, 15) is 0 Å². The molecule has 2 aromatic rings. The molecule has 60 valence electrons. The first-order valence-electron chi connectivity index (χ1n) is 3.77. The monoisotopic (exact) mass is 159 g/mol. The van der Waals surface area contributed by atoms with E-state index < -0.39 is 0 Å². The van der Waals surface area contributed by atoms with Crippen molar-refractivity contribution in [3.05, 3.63) is 36.7 Å². The highest BCUT2D eigenvalue weighted by Gasteiger charge is 2.00. The first kappa shape index (κ1) is 7.03. The molecule has 12 heavy (non-hydrogen) atoms. The van der Waals surface area contributed by atoms with Crippen LogP contribution < -0.4 is 0 Å². The summed E-state index contributed by atoms with van der Waals surface area (Å²) < 4.78 is 1.81. The van der Waals surface area contributed by atoms with Gasteiger partial charge in [-0.2, -0.15) is 5.10 Å². The van der Waals surface area contributed by atoms with Crippen molar-refractivity contribution in [3.8, 4) is 11.4 Å². The molecular formula is C9H9N3. The number of hydrogen-bond donors (Lipinski definition) is 0. The summed E-state index contributed by atoms with van der Waals surface area (Å²) in [5.41, 5.74) is 1.99. The lowest BCUT2D eigenvalue weighted by atomic mass is 10.3. The molecule has 0 amide bonds. The summed E-state index contributed by atoms with van der Waals surface area (Å²) in [6, 6.07) is 7.79. The van der Waals surface area contributed by atoms with E-state index in [1.807, 2.05) is 36.0 Å². The molecule has 0 bridgehead atoms. The van der Waals surface area contributed by atoms with Gasteiger partial charge in [-0.15, -0.1) is 0 Å². The van der Waals surface area contributed by atoms with Crippen LogP contribution in [-0.4, -0.2) is 14.8 Å². The minimum atomic E-state index is 0.956. The van der Waals surface area contributed by atoms with E-state index in [4.69, 9.17) is 0 Å². The van der Waals surface area contributed by atoms with Gasteiger partial charge in [-0.25, -0.2) is 0 Å². The molecule has 0 radical (unpaired) electrons. The van der Waals surface area contributed by atoms with Gasteiger partial charge in [0.1, 0.15) is 0 Å². The van der Waals surface area contributed by atoms with Crippen molar-refractivity contribution >= 4 is 0 Å². The third-order valence-corrected chi connectivity index (χ3v) is 1.75. The second-order valence-corrected chi connectivity index (χ2v) is 2.56. The van der Waals surface area contributed by atoms with Gasteiger partial charge in [0.05, 0.1) is 11.4 Å². The Labute approximate surface area is 70.7 Å². The number of aryl methyl sites for hydroxylation is 1. The topological polar surface area (TPSA) is 30.7 Å². The molecule has 0 aliphatic heterocycles. The highest BCUT2D eigenvalue weighted by Crippen LogP contribution is 2.13. The van der Waals surface area contributed by atoms with Gasteiger partial charge in [0.15, 0.2) is 0 Å². The molecule has 0 fully saturated rings. The summed E-state index contributed by atoms with van der Waals surface area (Å²) in [4.78, 5) is 4.22. The first-order chi connectivity index (χ1) is 5.88. The number of nitrogens with zero attached hydrogens (tertiary/aromatic N) is 3. The minimum absolute atomic E-state index is 0.956. The molecule has 0 unspecified atom stereocenters. The van der Waals surface area contributed by atoms with Crippen LogP contribution in [0.3, 0.4) is 0 Å². The zero-order chi connectivity index (χ0) is 8.39. The molecule has 3 heteroatoms. The molecule has 0 aliphatic rings. The molecule has 0 aromatic carbocycles. The lowest BCUT2D eigenvalue weighted by Crippen LogP contribution is -1.94. The fourth-order valence-corrected chi connectivity index (χ4v) is 1.14. The molecule has 0 aliphatic carbocycles. The maximum atomic E-state index is 4.22. The quantitative estimate of drug-likeness (QED) is 0.631. The Hall–Kier alpha value is -1.64. The SMILES string of the molecule is Cn1nccc1-c1ccccn1. The van der Waals surface area contributed by atoms with Crippen LogP contribution in [0.25, 0.3) is 11.4 Å². The molecule has 0 spiro atoms. The Bertz CT molecular complexity index is 364. The van der Waals surface area contributed by atoms with E-state index in [1.165, 1.54) is 0 Å². The Morgan fingerprint density at radius 2 is 2.08 bits per heavy atom. The van der Waals surface area contributed by atoms with Gasteiger partial charge in [0.25, 0.3) is 0 Å². The van der Waals surface area contributed by atoms with E-state index in [0.29, 0.717) is 0 Å². The van der Waals surface area contributed by atoms with Crippen molar-refractivity contribution in [2.75, 3.05) is 0 Å². The Kier molecular flexibility index (Phi) is 1.63. The van der Waals surface area contributed by atoms with Crippen molar-refractivity contribution in [2.24, 2.45) is 7.05 Å². The van der Waals surface area contributed by atoms with Crippen LogP contribution in [0.1, 0.15) is 0 Å². The predicted octanol–water partition coefficient (Wildman–Crippen LogP) is 1.48. The molecule has 2 heterocycles. The lowest BCUT2D eigenvalue weighted by molar-refractivity contribution is 0.773. The van der Waals surface area contributed by atoms with Gasteiger partial charge in [0, 0.05) is 19.4 Å². The zero-order valence-corrected chi connectivity index (χ0v) is 6.81. The summed E-state index contributed by atoms with van der Waals surface area (Å²) >= 11 is 0. The third kappa shape index (κ3) is 1.09. The largest absolute Gasteiger partial charge is 0.266 e. The Morgan fingerprint density at radius 1 is 1.17 bits per heavy atom. The second kappa shape index (κ2) is 2.77. The van der Waals surface area contributed by atoms with Crippen LogP contribution in [0.15, 0.2) is 36.7 Å². The van der Waals surface area contributed by atoms with Crippen molar-refractivity contribution in [1.82, 2.24) is 14.8 Å². The normalized spacial score (nSPS) is 10.1. The molecule has 2 aromatic heterocycles. The van der Waals surface area contributed by atoms with Gasteiger partial charge >= 0.3 is 0 Å². The standard InChI is InChI=1S/C9H9N3/c1-12-9(5-7-11-12)8-4-2-3-6-10-8/h2-7H,1H3.